The zero-order chi connectivity index (χ0) is 38.2. The number of aromatic nitrogens is 3. The fourth-order valence-electron chi connectivity index (χ4n) is 5.65. The molecule has 1 aliphatic rings. The number of amides is 2. The molecule has 0 spiro atoms. The monoisotopic (exact) mass is 773 g/mol. The van der Waals surface area contributed by atoms with Crippen molar-refractivity contribution >= 4 is 51.9 Å². The SMILES string of the molecule is CCc1cccc(C)c1N1C(=O)CS/C1=N\C(=S)NC(Cc1ccc(-c2ncn(-c3ccc(OC(F)(F)F)cc3)n2)cc1)NC(=O)OCc1ccccc1. The Labute approximate surface area is 318 Å². The van der Waals surface area contributed by atoms with Crippen molar-refractivity contribution in [1.29, 1.82) is 0 Å². The van der Waals surface area contributed by atoms with Crippen molar-refractivity contribution < 1.29 is 32.2 Å². The Morgan fingerprint density at radius 1 is 0.981 bits per heavy atom. The Kier molecular flexibility index (Phi) is 11.9. The molecule has 0 aliphatic carbocycles. The molecule has 6 rings (SSSR count). The zero-order valence-corrected chi connectivity index (χ0v) is 30.7. The van der Waals surface area contributed by atoms with Crippen LogP contribution in [-0.2, 0) is 29.0 Å². The lowest BCUT2D eigenvalue weighted by Gasteiger charge is -2.23. The number of alkyl carbamates (subject to hydrolysis) is 1. The van der Waals surface area contributed by atoms with Crippen molar-refractivity contribution in [2.45, 2.75) is 45.8 Å². The number of benzene rings is 4. The van der Waals surface area contributed by atoms with E-state index in [0.717, 1.165) is 34.4 Å². The van der Waals surface area contributed by atoms with Gasteiger partial charge in [0.2, 0.25) is 5.91 Å². The van der Waals surface area contributed by atoms with Crippen molar-refractivity contribution in [3.63, 3.8) is 0 Å². The number of amidine groups is 1. The van der Waals surface area contributed by atoms with Crippen molar-refractivity contribution in [3.8, 4) is 22.8 Å². The molecule has 4 aromatic carbocycles. The molecular weight excluding hydrogens is 740 g/mol. The molecule has 0 radical (unpaired) electrons. The van der Waals surface area contributed by atoms with Gasteiger partial charge in [0, 0.05) is 12.0 Å². The number of ether oxygens (including phenoxy) is 2. The van der Waals surface area contributed by atoms with Gasteiger partial charge in [-0.05, 0) is 72.1 Å². The van der Waals surface area contributed by atoms with Crippen LogP contribution >= 0.6 is 24.0 Å². The number of aliphatic imine (C=N–C) groups is 1. The summed E-state index contributed by atoms with van der Waals surface area (Å²) in [5, 5.41) is 10.9. The van der Waals surface area contributed by atoms with E-state index in [0.29, 0.717) is 22.2 Å². The largest absolute Gasteiger partial charge is 0.573 e. The molecule has 0 bridgehead atoms. The Hall–Kier alpha value is -5.74. The van der Waals surface area contributed by atoms with Gasteiger partial charge in [-0.1, -0.05) is 91.5 Å². The molecule has 1 aliphatic heterocycles. The van der Waals surface area contributed by atoms with Gasteiger partial charge in [-0.2, -0.15) is 4.99 Å². The summed E-state index contributed by atoms with van der Waals surface area (Å²) in [6.45, 7) is 4.04. The van der Waals surface area contributed by atoms with Crippen LogP contribution in [0.15, 0.2) is 108 Å². The lowest BCUT2D eigenvalue weighted by molar-refractivity contribution is -0.274. The molecule has 1 unspecified atom stereocenters. The normalized spacial score (nSPS) is 14.2. The predicted molar refractivity (Wildman–Crippen MR) is 204 cm³/mol. The van der Waals surface area contributed by atoms with E-state index in [2.05, 4.69) is 30.4 Å². The minimum absolute atomic E-state index is 0.0653. The standard InChI is InChI=1S/C38H34F3N7O4S2/c1-3-27-11-7-8-24(2)33(27)48-32(49)22-54-36(48)45-35(53)43-31(44-37(50)51-21-26-9-5-4-6-10-26)20-25-12-14-28(15-13-25)34-42-23-47(46-34)29-16-18-30(19-17-29)52-38(39,40)41/h4-19,23,31H,3,20-22H2,1-2H3,(H,43,53)(H,44,50)/b45-36-. The number of nitrogens with zero attached hydrogens (tertiary/aromatic N) is 5. The van der Waals surface area contributed by atoms with E-state index in [9.17, 15) is 22.8 Å². The number of hydrogen-bond acceptors (Lipinski definition) is 8. The number of hydrogen-bond donors (Lipinski definition) is 2. The molecule has 11 nitrogen and oxygen atoms in total. The second-order valence-corrected chi connectivity index (χ2v) is 13.3. The number of thioether (sulfide) groups is 1. The molecule has 2 amide bonds. The number of alkyl halides is 3. The minimum Gasteiger partial charge on any atom is -0.445 e. The summed E-state index contributed by atoms with van der Waals surface area (Å²) in [5.41, 5.74) is 5.56. The van der Waals surface area contributed by atoms with Crippen LogP contribution < -0.4 is 20.3 Å². The first-order chi connectivity index (χ1) is 26.0. The van der Waals surface area contributed by atoms with E-state index in [1.807, 2.05) is 86.6 Å². The first-order valence-electron chi connectivity index (χ1n) is 16.7. The van der Waals surface area contributed by atoms with Gasteiger partial charge in [0.1, 0.15) is 24.8 Å². The topological polar surface area (TPSA) is 123 Å². The van der Waals surface area contributed by atoms with Gasteiger partial charge in [-0.25, -0.2) is 14.5 Å². The number of para-hydroxylation sites is 1. The van der Waals surface area contributed by atoms with Gasteiger partial charge in [-0.3, -0.25) is 9.69 Å². The van der Waals surface area contributed by atoms with Crippen molar-refractivity contribution in [3.05, 3.63) is 126 Å². The summed E-state index contributed by atoms with van der Waals surface area (Å²) in [7, 11) is 0. The fourth-order valence-corrected chi connectivity index (χ4v) is 6.80. The molecule has 1 aromatic heterocycles. The number of nitrogens with one attached hydrogen (secondary N) is 2. The van der Waals surface area contributed by atoms with Crippen LogP contribution in [0.5, 0.6) is 5.75 Å². The fraction of sp³-hybridized carbons (Fsp3) is 0.211. The van der Waals surface area contributed by atoms with Gasteiger partial charge in [0.05, 0.1) is 17.1 Å². The zero-order valence-electron chi connectivity index (χ0n) is 29.0. The third-order valence-electron chi connectivity index (χ3n) is 8.17. The number of anilines is 1. The molecule has 2 N–H and O–H groups in total. The smallest absolute Gasteiger partial charge is 0.445 e. The summed E-state index contributed by atoms with van der Waals surface area (Å²) in [6, 6.07) is 27.8. The summed E-state index contributed by atoms with van der Waals surface area (Å²) < 4.78 is 48.5. The quantitative estimate of drug-likeness (QED) is 0.104. The summed E-state index contributed by atoms with van der Waals surface area (Å²) >= 11 is 6.94. The van der Waals surface area contributed by atoms with Gasteiger partial charge in [-0.15, -0.1) is 18.3 Å². The molecule has 278 valence electrons. The molecular formula is C38H34F3N7O4S2. The Morgan fingerprint density at radius 2 is 1.72 bits per heavy atom. The van der Waals surface area contributed by atoms with Crippen LogP contribution in [0, 0.1) is 6.92 Å². The summed E-state index contributed by atoms with van der Waals surface area (Å²) in [4.78, 5) is 36.6. The van der Waals surface area contributed by atoms with Crippen LogP contribution in [0.2, 0.25) is 0 Å². The maximum Gasteiger partial charge on any atom is 0.573 e. The second kappa shape index (κ2) is 16.9. The molecule has 2 heterocycles. The lowest BCUT2D eigenvalue weighted by Crippen LogP contribution is -2.49. The van der Waals surface area contributed by atoms with E-state index < -0.39 is 18.6 Å². The Morgan fingerprint density at radius 3 is 2.43 bits per heavy atom. The van der Waals surface area contributed by atoms with Gasteiger partial charge < -0.3 is 20.1 Å². The Bertz CT molecular complexity index is 2150. The van der Waals surface area contributed by atoms with E-state index in [4.69, 9.17) is 17.0 Å². The number of aryl methyl sites for hydroxylation is 2. The number of thiocarbonyl (C=S) groups is 1. The highest BCUT2D eigenvalue weighted by atomic mass is 32.2. The van der Waals surface area contributed by atoms with Gasteiger partial charge >= 0.3 is 12.5 Å². The number of rotatable bonds is 11. The number of carbonyl (C=O) groups excluding carboxylic acids is 2. The highest BCUT2D eigenvalue weighted by Gasteiger charge is 2.33. The number of carbonyl (C=O) groups is 2. The Balaban J connectivity index is 1.17. The molecule has 54 heavy (non-hydrogen) atoms. The molecule has 16 heteroatoms. The van der Waals surface area contributed by atoms with Crippen LogP contribution in [0.4, 0.5) is 23.7 Å². The first kappa shape index (κ1) is 38.0. The highest BCUT2D eigenvalue weighted by molar-refractivity contribution is 8.15. The maximum atomic E-state index is 13.1. The molecule has 1 atom stereocenters. The van der Waals surface area contributed by atoms with Crippen molar-refractivity contribution in [2.75, 3.05) is 10.7 Å². The average Bonchev–Trinajstić information content (AvgIpc) is 3.78. The van der Waals surface area contributed by atoms with Crippen LogP contribution in [0.3, 0.4) is 0 Å². The molecule has 5 aromatic rings. The van der Waals surface area contributed by atoms with Crippen molar-refractivity contribution in [2.24, 2.45) is 4.99 Å². The van der Waals surface area contributed by atoms with E-state index in [-0.39, 0.29) is 35.5 Å². The van der Waals surface area contributed by atoms with Crippen LogP contribution in [0.1, 0.15) is 29.2 Å². The lowest BCUT2D eigenvalue weighted by atomic mass is 10.0. The maximum absolute atomic E-state index is 13.1. The molecule has 1 saturated heterocycles. The third-order valence-corrected chi connectivity index (χ3v) is 9.30. The van der Waals surface area contributed by atoms with E-state index in [1.165, 1.54) is 47.0 Å². The molecule has 1 fully saturated rings. The number of halogens is 3. The van der Waals surface area contributed by atoms with Crippen LogP contribution in [-0.4, -0.2) is 55.3 Å². The minimum atomic E-state index is -4.79. The second-order valence-electron chi connectivity index (χ2n) is 12.0. The van der Waals surface area contributed by atoms with Gasteiger partial charge in [0.15, 0.2) is 16.1 Å². The summed E-state index contributed by atoms with van der Waals surface area (Å²) in [6.07, 6.45) is -3.75. The third kappa shape index (κ3) is 9.81. The van der Waals surface area contributed by atoms with E-state index >= 15 is 0 Å². The predicted octanol–water partition coefficient (Wildman–Crippen LogP) is 7.51. The van der Waals surface area contributed by atoms with Crippen LogP contribution in [0.25, 0.3) is 17.1 Å². The highest BCUT2D eigenvalue weighted by Crippen LogP contribution is 2.33. The summed E-state index contributed by atoms with van der Waals surface area (Å²) in [5.74, 6) is 0.163. The van der Waals surface area contributed by atoms with Gasteiger partial charge in [0.25, 0.3) is 0 Å². The first-order valence-corrected chi connectivity index (χ1v) is 18.1. The van der Waals surface area contributed by atoms with Crippen molar-refractivity contribution in [1.82, 2.24) is 25.4 Å². The van der Waals surface area contributed by atoms with E-state index in [1.54, 1.807) is 4.90 Å². The molecule has 0 saturated carbocycles. The average molecular weight is 774 g/mol.